The number of rotatable bonds is 2. The molecule has 0 N–H and O–H groups in total. The summed E-state index contributed by atoms with van der Waals surface area (Å²) in [6.07, 6.45) is 4.35. The predicted octanol–water partition coefficient (Wildman–Crippen LogP) is 3.97. The van der Waals surface area contributed by atoms with E-state index in [4.69, 9.17) is 16.9 Å². The highest BCUT2D eigenvalue weighted by Gasteiger charge is 2.41. The second kappa shape index (κ2) is 5.04. The highest BCUT2D eigenvalue weighted by molar-refractivity contribution is 6.29. The Morgan fingerprint density at radius 1 is 1.35 bits per heavy atom. The molecule has 3 aromatic rings. The largest absolute Gasteiger partial charge is 0.235 e. The molecule has 2 aromatic heterocycles. The number of imidazole rings is 1. The molecule has 1 aliphatic carbocycles. The maximum Gasteiger partial charge on any atom is 0.157 e. The summed E-state index contributed by atoms with van der Waals surface area (Å²) in [5.74, 6) is 0.00825. The fourth-order valence-electron chi connectivity index (χ4n) is 3.22. The van der Waals surface area contributed by atoms with Crippen molar-refractivity contribution in [2.75, 3.05) is 0 Å². The number of aryl methyl sites for hydroxylation is 1. The first-order chi connectivity index (χ1) is 11.1. The number of benzene rings is 1. The van der Waals surface area contributed by atoms with Gasteiger partial charge in [-0.15, -0.1) is 0 Å². The summed E-state index contributed by atoms with van der Waals surface area (Å²) in [4.78, 5) is 4.34. The minimum Gasteiger partial charge on any atom is -0.235 e. The maximum absolute atomic E-state index is 14.0. The van der Waals surface area contributed by atoms with Gasteiger partial charge in [0.2, 0.25) is 0 Å². The van der Waals surface area contributed by atoms with E-state index in [1.807, 2.05) is 18.2 Å². The summed E-state index contributed by atoms with van der Waals surface area (Å²) in [5, 5.41) is 13.6. The Labute approximate surface area is 137 Å². The summed E-state index contributed by atoms with van der Waals surface area (Å²) in [7, 11) is 0. The van der Waals surface area contributed by atoms with Gasteiger partial charge in [0.1, 0.15) is 17.0 Å². The summed E-state index contributed by atoms with van der Waals surface area (Å²) in [5.41, 5.74) is 3.53. The van der Waals surface area contributed by atoms with Gasteiger partial charge in [-0.25, -0.2) is 13.9 Å². The van der Waals surface area contributed by atoms with E-state index >= 15 is 0 Å². The molecule has 2 atom stereocenters. The lowest BCUT2D eigenvalue weighted by Crippen LogP contribution is -1.97. The first-order valence-corrected chi connectivity index (χ1v) is 7.66. The van der Waals surface area contributed by atoms with Gasteiger partial charge in [0, 0.05) is 18.0 Å². The molecule has 1 saturated carbocycles. The number of hydrogen-bond donors (Lipinski definition) is 0. The van der Waals surface area contributed by atoms with Gasteiger partial charge in [-0.1, -0.05) is 17.7 Å². The van der Waals surface area contributed by atoms with E-state index in [1.165, 1.54) is 6.07 Å². The van der Waals surface area contributed by atoms with Crippen molar-refractivity contribution < 1.29 is 4.39 Å². The third-order valence-corrected chi connectivity index (χ3v) is 4.58. The molecule has 0 amide bonds. The zero-order valence-electron chi connectivity index (χ0n) is 12.3. The van der Waals surface area contributed by atoms with E-state index in [-0.39, 0.29) is 17.4 Å². The number of aromatic nitrogens is 3. The van der Waals surface area contributed by atoms with Crippen molar-refractivity contribution in [1.82, 2.24) is 14.6 Å². The second-order valence-electron chi connectivity index (χ2n) is 5.87. The molecule has 4 rings (SSSR count). The van der Waals surface area contributed by atoms with Crippen molar-refractivity contribution in [3.63, 3.8) is 0 Å². The van der Waals surface area contributed by atoms with E-state index < -0.39 is 5.82 Å². The van der Waals surface area contributed by atoms with E-state index in [0.717, 1.165) is 23.2 Å². The number of fused-ring (bicyclic) bond motifs is 1. The topological polar surface area (TPSA) is 54.0 Å². The van der Waals surface area contributed by atoms with Crippen molar-refractivity contribution in [2.45, 2.75) is 25.2 Å². The molecule has 0 spiro atoms. The Morgan fingerprint density at radius 3 is 2.91 bits per heavy atom. The molecule has 4 nitrogen and oxygen atoms in total. The second-order valence-corrected chi connectivity index (χ2v) is 6.26. The van der Waals surface area contributed by atoms with Crippen LogP contribution in [0.15, 0.2) is 30.6 Å². The molecule has 114 valence electrons. The van der Waals surface area contributed by atoms with E-state index in [2.05, 4.69) is 10.1 Å². The average molecular weight is 327 g/mol. The van der Waals surface area contributed by atoms with Gasteiger partial charge in [-0.2, -0.15) is 10.4 Å². The van der Waals surface area contributed by atoms with Crippen LogP contribution in [0.5, 0.6) is 0 Å². The lowest BCUT2D eigenvalue weighted by atomic mass is 10.00. The standard InChI is InChI=1S/C17H12ClFN4/c1-9-4-10(5-15(19)14(9)8-20)11-6-12(11)13-7-16(18)22-23-3-2-21-17(13)23/h2-5,7,11-12H,6H2,1H3/t11-,12+/m1/s1. The Kier molecular flexibility index (Phi) is 3.10. The van der Waals surface area contributed by atoms with Gasteiger partial charge in [0.25, 0.3) is 0 Å². The predicted molar refractivity (Wildman–Crippen MR) is 83.9 cm³/mol. The summed E-state index contributed by atoms with van der Waals surface area (Å²) >= 11 is 6.08. The molecule has 6 heteroatoms. The molecule has 1 fully saturated rings. The van der Waals surface area contributed by atoms with Crippen LogP contribution in [-0.2, 0) is 0 Å². The molecule has 0 bridgehead atoms. The molecule has 1 aromatic carbocycles. The summed E-state index contributed by atoms with van der Waals surface area (Å²) < 4.78 is 15.7. The Morgan fingerprint density at radius 2 is 2.17 bits per heavy atom. The Hall–Kier alpha value is -2.45. The van der Waals surface area contributed by atoms with Crippen LogP contribution in [-0.4, -0.2) is 14.6 Å². The van der Waals surface area contributed by atoms with Crippen LogP contribution in [0.1, 0.15) is 40.5 Å². The zero-order valence-corrected chi connectivity index (χ0v) is 13.0. The van der Waals surface area contributed by atoms with Gasteiger partial charge in [0.15, 0.2) is 5.65 Å². The van der Waals surface area contributed by atoms with E-state index in [1.54, 1.807) is 23.8 Å². The Balaban J connectivity index is 1.73. The minimum atomic E-state index is -0.452. The van der Waals surface area contributed by atoms with E-state index in [9.17, 15) is 4.39 Å². The molecule has 0 unspecified atom stereocenters. The smallest absolute Gasteiger partial charge is 0.157 e. The van der Waals surface area contributed by atoms with Crippen molar-refractivity contribution in [3.8, 4) is 6.07 Å². The van der Waals surface area contributed by atoms with Crippen LogP contribution < -0.4 is 0 Å². The number of nitriles is 1. The fraction of sp³-hybridized carbons (Fsp3) is 0.235. The third-order valence-electron chi connectivity index (χ3n) is 4.40. The third kappa shape index (κ3) is 2.27. The van der Waals surface area contributed by atoms with Crippen LogP contribution in [0, 0.1) is 24.1 Å². The first-order valence-electron chi connectivity index (χ1n) is 7.28. The van der Waals surface area contributed by atoms with Crippen LogP contribution in [0.25, 0.3) is 5.65 Å². The van der Waals surface area contributed by atoms with Gasteiger partial charge in [-0.05, 0) is 48.4 Å². The monoisotopic (exact) mass is 326 g/mol. The summed E-state index contributed by atoms with van der Waals surface area (Å²) in [6.45, 7) is 1.76. The molecular formula is C17H12ClFN4. The van der Waals surface area contributed by atoms with Gasteiger partial charge < -0.3 is 0 Å². The quantitative estimate of drug-likeness (QED) is 0.716. The number of halogens is 2. The summed E-state index contributed by atoms with van der Waals surface area (Å²) in [6, 6.07) is 7.12. The zero-order chi connectivity index (χ0) is 16.1. The molecule has 2 heterocycles. The maximum atomic E-state index is 14.0. The molecular weight excluding hydrogens is 315 g/mol. The molecule has 0 saturated heterocycles. The van der Waals surface area contributed by atoms with Crippen molar-refractivity contribution in [2.24, 2.45) is 0 Å². The highest BCUT2D eigenvalue weighted by atomic mass is 35.5. The van der Waals surface area contributed by atoms with Gasteiger partial charge >= 0.3 is 0 Å². The Bertz CT molecular complexity index is 949. The van der Waals surface area contributed by atoms with Crippen molar-refractivity contribution >= 4 is 17.2 Å². The average Bonchev–Trinajstić information content (AvgIpc) is 3.16. The highest BCUT2D eigenvalue weighted by Crippen LogP contribution is 2.55. The molecule has 1 aliphatic rings. The number of hydrogen-bond acceptors (Lipinski definition) is 3. The molecule has 23 heavy (non-hydrogen) atoms. The number of nitrogens with zero attached hydrogens (tertiary/aromatic N) is 4. The minimum absolute atomic E-state index is 0.119. The van der Waals surface area contributed by atoms with Crippen LogP contribution in [0.3, 0.4) is 0 Å². The van der Waals surface area contributed by atoms with Crippen molar-refractivity contribution in [1.29, 1.82) is 5.26 Å². The lowest BCUT2D eigenvalue weighted by Gasteiger charge is -2.07. The fourth-order valence-corrected chi connectivity index (χ4v) is 3.41. The first kappa shape index (κ1) is 14.2. The SMILES string of the molecule is Cc1cc([C@H]2C[C@@H]2c2cc(Cl)nn3ccnc23)cc(F)c1C#N. The molecule has 0 radical (unpaired) electrons. The van der Waals surface area contributed by atoms with Gasteiger partial charge in [-0.3, -0.25) is 0 Å². The molecule has 0 aliphatic heterocycles. The normalized spacial score (nSPS) is 19.7. The van der Waals surface area contributed by atoms with Gasteiger partial charge in [0.05, 0.1) is 5.56 Å². The van der Waals surface area contributed by atoms with Crippen molar-refractivity contribution in [3.05, 3.63) is 63.8 Å². The van der Waals surface area contributed by atoms with E-state index in [0.29, 0.717) is 10.7 Å². The lowest BCUT2D eigenvalue weighted by molar-refractivity contribution is 0.620. The van der Waals surface area contributed by atoms with Crippen LogP contribution in [0.2, 0.25) is 5.15 Å². The van der Waals surface area contributed by atoms with Crippen LogP contribution >= 0.6 is 11.6 Å². The van der Waals surface area contributed by atoms with Crippen LogP contribution in [0.4, 0.5) is 4.39 Å².